The van der Waals surface area contributed by atoms with Crippen molar-refractivity contribution in [3.8, 4) is 5.88 Å². The van der Waals surface area contributed by atoms with Crippen molar-refractivity contribution in [1.82, 2.24) is 9.97 Å². The molecule has 0 aliphatic heterocycles. The summed E-state index contributed by atoms with van der Waals surface area (Å²) in [7, 11) is 1.61. The van der Waals surface area contributed by atoms with Crippen LogP contribution >= 0.6 is 0 Å². The third-order valence-electron chi connectivity index (χ3n) is 3.02. The summed E-state index contributed by atoms with van der Waals surface area (Å²) in [5.74, 6) is 2.43. The molecule has 1 N–H and O–H groups in total. The zero-order valence-electron chi connectivity index (χ0n) is 11.5. The number of aryl methyl sites for hydroxylation is 1. The van der Waals surface area contributed by atoms with Crippen molar-refractivity contribution in [2.75, 3.05) is 12.4 Å². The number of ether oxygens (including phenoxy) is 1. The molecule has 0 aliphatic carbocycles. The number of aromatic nitrogens is 2. The van der Waals surface area contributed by atoms with Gasteiger partial charge in [0.25, 0.3) is 0 Å². The topological polar surface area (TPSA) is 60.2 Å². The maximum atomic E-state index is 5.32. The van der Waals surface area contributed by atoms with E-state index in [-0.39, 0.29) is 0 Å². The van der Waals surface area contributed by atoms with Gasteiger partial charge in [0.05, 0.1) is 18.9 Å². The van der Waals surface area contributed by atoms with Gasteiger partial charge in [0.2, 0.25) is 5.88 Å². The van der Waals surface area contributed by atoms with E-state index in [4.69, 9.17) is 9.15 Å². The molecule has 2 rings (SSSR count). The van der Waals surface area contributed by atoms with Crippen LogP contribution in [0.2, 0.25) is 0 Å². The summed E-state index contributed by atoms with van der Waals surface area (Å²) < 4.78 is 10.5. The number of hydrogen-bond donors (Lipinski definition) is 1. The van der Waals surface area contributed by atoms with Crippen LogP contribution in [-0.2, 0) is 6.42 Å². The largest absolute Gasteiger partial charge is 0.481 e. The van der Waals surface area contributed by atoms with E-state index >= 15 is 0 Å². The summed E-state index contributed by atoms with van der Waals surface area (Å²) in [5.41, 5.74) is 0.926. The van der Waals surface area contributed by atoms with Gasteiger partial charge in [-0.15, -0.1) is 0 Å². The standard InChI is InChI=1S/C14H19N3O2/c1-10(6-7-12-5-4-8-19-12)17-13-11(2)14(18-3)16-9-15-13/h4-5,8-10H,6-7H2,1-3H3,(H,15,16,17). The molecule has 0 radical (unpaired) electrons. The quantitative estimate of drug-likeness (QED) is 0.866. The molecule has 102 valence electrons. The van der Waals surface area contributed by atoms with E-state index in [1.807, 2.05) is 19.1 Å². The maximum absolute atomic E-state index is 5.32. The van der Waals surface area contributed by atoms with Gasteiger partial charge < -0.3 is 14.5 Å². The van der Waals surface area contributed by atoms with E-state index in [1.165, 1.54) is 6.33 Å². The minimum absolute atomic E-state index is 0.295. The van der Waals surface area contributed by atoms with Gasteiger partial charge >= 0.3 is 0 Å². The predicted octanol–water partition coefficient (Wildman–Crippen LogP) is 2.82. The van der Waals surface area contributed by atoms with E-state index in [0.717, 1.165) is 30.0 Å². The van der Waals surface area contributed by atoms with Crippen LogP contribution in [0.15, 0.2) is 29.1 Å². The number of rotatable bonds is 6. The lowest BCUT2D eigenvalue weighted by atomic mass is 10.1. The van der Waals surface area contributed by atoms with Crippen LogP contribution < -0.4 is 10.1 Å². The molecule has 5 nitrogen and oxygen atoms in total. The van der Waals surface area contributed by atoms with Crippen molar-refractivity contribution in [3.05, 3.63) is 36.0 Å². The van der Waals surface area contributed by atoms with Gasteiger partial charge in [0.1, 0.15) is 17.9 Å². The first kappa shape index (κ1) is 13.4. The van der Waals surface area contributed by atoms with Gasteiger partial charge in [-0.1, -0.05) is 0 Å². The molecule has 0 bridgehead atoms. The summed E-state index contributed by atoms with van der Waals surface area (Å²) in [6, 6.07) is 4.20. The molecule has 0 spiro atoms. The summed E-state index contributed by atoms with van der Waals surface area (Å²) in [6.45, 7) is 4.07. The van der Waals surface area contributed by atoms with Crippen molar-refractivity contribution in [2.24, 2.45) is 0 Å². The Balaban J connectivity index is 1.93. The lowest BCUT2D eigenvalue weighted by Crippen LogP contribution is -2.18. The van der Waals surface area contributed by atoms with E-state index in [0.29, 0.717) is 11.9 Å². The van der Waals surface area contributed by atoms with E-state index in [9.17, 15) is 0 Å². The maximum Gasteiger partial charge on any atom is 0.221 e. The Labute approximate surface area is 113 Å². The first-order valence-corrected chi connectivity index (χ1v) is 6.35. The molecule has 0 amide bonds. The lowest BCUT2D eigenvalue weighted by Gasteiger charge is -2.16. The third kappa shape index (κ3) is 3.47. The minimum Gasteiger partial charge on any atom is -0.481 e. The SMILES string of the molecule is COc1ncnc(NC(C)CCc2ccco2)c1C. The second-order valence-electron chi connectivity index (χ2n) is 4.52. The van der Waals surface area contributed by atoms with E-state index in [2.05, 4.69) is 22.2 Å². The van der Waals surface area contributed by atoms with Crippen molar-refractivity contribution in [1.29, 1.82) is 0 Å². The molecule has 1 unspecified atom stereocenters. The van der Waals surface area contributed by atoms with Crippen molar-refractivity contribution < 1.29 is 9.15 Å². The second-order valence-corrected chi connectivity index (χ2v) is 4.52. The van der Waals surface area contributed by atoms with Crippen molar-refractivity contribution >= 4 is 5.82 Å². The normalized spacial score (nSPS) is 12.2. The zero-order chi connectivity index (χ0) is 13.7. The van der Waals surface area contributed by atoms with E-state index < -0.39 is 0 Å². The van der Waals surface area contributed by atoms with Gasteiger partial charge in [-0.3, -0.25) is 0 Å². The molecular formula is C14H19N3O2. The Bertz CT molecular complexity index is 511. The van der Waals surface area contributed by atoms with Crippen LogP contribution in [0.3, 0.4) is 0 Å². The number of anilines is 1. The average Bonchev–Trinajstić information content (AvgIpc) is 2.92. The molecule has 0 saturated heterocycles. The predicted molar refractivity (Wildman–Crippen MR) is 73.4 cm³/mol. The smallest absolute Gasteiger partial charge is 0.221 e. The molecule has 2 aromatic rings. The molecule has 19 heavy (non-hydrogen) atoms. The van der Waals surface area contributed by atoms with Gasteiger partial charge in [0.15, 0.2) is 0 Å². The van der Waals surface area contributed by atoms with E-state index in [1.54, 1.807) is 13.4 Å². The third-order valence-corrected chi connectivity index (χ3v) is 3.02. The number of nitrogens with zero attached hydrogens (tertiary/aromatic N) is 2. The summed E-state index contributed by atoms with van der Waals surface area (Å²) >= 11 is 0. The Kier molecular flexibility index (Phi) is 4.39. The van der Waals surface area contributed by atoms with Crippen LogP contribution in [0, 0.1) is 6.92 Å². The van der Waals surface area contributed by atoms with Gasteiger partial charge in [-0.2, -0.15) is 0 Å². The first-order chi connectivity index (χ1) is 9.20. The zero-order valence-corrected chi connectivity index (χ0v) is 11.5. The Morgan fingerprint density at radius 2 is 2.26 bits per heavy atom. The van der Waals surface area contributed by atoms with Crippen LogP contribution in [0.5, 0.6) is 5.88 Å². The van der Waals surface area contributed by atoms with Crippen molar-refractivity contribution in [3.63, 3.8) is 0 Å². The molecule has 1 atom stereocenters. The van der Waals surface area contributed by atoms with Gasteiger partial charge in [-0.05, 0) is 32.4 Å². The van der Waals surface area contributed by atoms with Crippen LogP contribution in [0.4, 0.5) is 5.82 Å². The minimum atomic E-state index is 0.295. The highest BCUT2D eigenvalue weighted by atomic mass is 16.5. The molecular weight excluding hydrogens is 242 g/mol. The summed E-state index contributed by atoms with van der Waals surface area (Å²) in [4.78, 5) is 8.31. The molecule has 0 fully saturated rings. The van der Waals surface area contributed by atoms with Crippen LogP contribution in [-0.4, -0.2) is 23.1 Å². The number of hydrogen-bond acceptors (Lipinski definition) is 5. The van der Waals surface area contributed by atoms with Gasteiger partial charge in [-0.25, -0.2) is 9.97 Å². The molecule has 2 heterocycles. The molecule has 0 aromatic carbocycles. The monoisotopic (exact) mass is 261 g/mol. The molecule has 0 saturated carbocycles. The number of nitrogens with one attached hydrogen (secondary N) is 1. The second kappa shape index (κ2) is 6.22. The van der Waals surface area contributed by atoms with Crippen LogP contribution in [0.25, 0.3) is 0 Å². The fourth-order valence-electron chi connectivity index (χ4n) is 1.90. The average molecular weight is 261 g/mol. The Morgan fingerprint density at radius 3 is 2.95 bits per heavy atom. The summed E-state index contributed by atoms with van der Waals surface area (Å²) in [6.07, 6.45) is 5.09. The Hall–Kier alpha value is -2.04. The lowest BCUT2D eigenvalue weighted by molar-refractivity contribution is 0.393. The molecule has 5 heteroatoms. The fourth-order valence-corrected chi connectivity index (χ4v) is 1.90. The van der Waals surface area contributed by atoms with Crippen LogP contribution in [0.1, 0.15) is 24.7 Å². The highest BCUT2D eigenvalue weighted by Crippen LogP contribution is 2.21. The van der Waals surface area contributed by atoms with Crippen molar-refractivity contribution in [2.45, 2.75) is 32.7 Å². The highest BCUT2D eigenvalue weighted by molar-refractivity contribution is 5.48. The molecule has 2 aromatic heterocycles. The number of methoxy groups -OCH3 is 1. The molecule has 0 aliphatic rings. The highest BCUT2D eigenvalue weighted by Gasteiger charge is 2.10. The fraction of sp³-hybridized carbons (Fsp3) is 0.429. The Morgan fingerprint density at radius 1 is 1.42 bits per heavy atom. The first-order valence-electron chi connectivity index (χ1n) is 6.35. The number of furan rings is 1. The van der Waals surface area contributed by atoms with Gasteiger partial charge in [0, 0.05) is 12.5 Å². The summed E-state index contributed by atoms with van der Waals surface area (Å²) in [5, 5.41) is 3.37.